The van der Waals surface area contributed by atoms with Gasteiger partial charge in [0.1, 0.15) is 10.6 Å². The number of rotatable bonds is 8. The molecule has 0 aliphatic carbocycles. The lowest BCUT2D eigenvalue weighted by Crippen LogP contribution is -2.16. The van der Waals surface area contributed by atoms with Crippen LogP contribution < -0.4 is 14.9 Å². The van der Waals surface area contributed by atoms with Crippen molar-refractivity contribution in [2.45, 2.75) is 11.8 Å². The van der Waals surface area contributed by atoms with Gasteiger partial charge in [-0.2, -0.15) is 5.10 Å². The van der Waals surface area contributed by atoms with Crippen LogP contribution in [0, 0.1) is 10.1 Å². The van der Waals surface area contributed by atoms with Crippen LogP contribution in [-0.2, 0) is 10.0 Å². The first kappa shape index (κ1) is 21.8. The summed E-state index contributed by atoms with van der Waals surface area (Å²) in [7, 11) is -2.80. The number of non-ortho nitro benzene ring substituents is 1. The highest BCUT2D eigenvalue weighted by Gasteiger charge is 2.24. The van der Waals surface area contributed by atoms with E-state index in [0.29, 0.717) is 11.5 Å². The first-order valence-electron chi connectivity index (χ1n) is 9.12. The van der Waals surface area contributed by atoms with E-state index in [0.717, 1.165) is 11.6 Å². The lowest BCUT2D eigenvalue weighted by molar-refractivity contribution is -0.385. The average Bonchev–Trinajstić information content (AvgIpc) is 2.78. The van der Waals surface area contributed by atoms with Crippen LogP contribution >= 0.6 is 0 Å². The maximum Gasteiger partial charge on any atom is 0.270 e. The molecule has 0 bridgehead atoms. The molecule has 0 saturated carbocycles. The molecule has 9 nitrogen and oxygen atoms in total. The molecule has 0 aliphatic heterocycles. The summed E-state index contributed by atoms with van der Waals surface area (Å²) in [5.41, 5.74) is 4.09. The summed E-state index contributed by atoms with van der Waals surface area (Å²) < 4.78 is 33.8. The molecule has 3 rings (SSSR count). The van der Waals surface area contributed by atoms with Gasteiger partial charge in [-0.25, -0.2) is 8.42 Å². The Hall–Kier alpha value is -3.92. The highest BCUT2D eigenvalue weighted by molar-refractivity contribution is 7.93. The minimum atomic E-state index is -4.21. The summed E-state index contributed by atoms with van der Waals surface area (Å²) in [5.74, 6) is 0.309. The fourth-order valence-corrected chi connectivity index (χ4v) is 4.00. The Labute approximate surface area is 179 Å². The topological polar surface area (TPSA) is 123 Å². The fourth-order valence-electron chi connectivity index (χ4n) is 2.76. The van der Waals surface area contributed by atoms with Crippen molar-refractivity contribution in [3.63, 3.8) is 0 Å². The number of nitrogens with zero attached hydrogens (tertiary/aromatic N) is 2. The fraction of sp³-hybridized carbons (Fsp3) is 0.0952. The van der Waals surface area contributed by atoms with Gasteiger partial charge in [0, 0.05) is 12.1 Å². The van der Waals surface area contributed by atoms with Crippen LogP contribution in [0.2, 0.25) is 0 Å². The molecular weight excluding hydrogens is 420 g/mol. The smallest absolute Gasteiger partial charge is 0.270 e. The number of hydrogen-bond acceptors (Lipinski definition) is 7. The van der Waals surface area contributed by atoms with Crippen molar-refractivity contribution < 1.29 is 18.1 Å². The number of hydrogen-bond donors (Lipinski definition) is 2. The zero-order chi connectivity index (χ0) is 22.4. The normalized spacial score (nSPS) is 11.6. The molecular formula is C21H20N4O5S. The van der Waals surface area contributed by atoms with E-state index in [2.05, 4.69) is 15.2 Å². The molecule has 2 N–H and O–H groups in total. The SMILES string of the molecule is COc1ccccc1NS(=O)(=O)c1cc([N+](=O)[O-])ccc1N/N=C(\C)c1ccccc1. The number of hydrazone groups is 1. The third-order valence-corrected chi connectivity index (χ3v) is 5.76. The highest BCUT2D eigenvalue weighted by Crippen LogP contribution is 2.31. The number of para-hydroxylation sites is 2. The lowest BCUT2D eigenvalue weighted by Gasteiger charge is -2.14. The maximum absolute atomic E-state index is 13.1. The van der Waals surface area contributed by atoms with Crippen molar-refractivity contribution in [1.29, 1.82) is 0 Å². The number of anilines is 2. The number of nitrogens with one attached hydrogen (secondary N) is 2. The van der Waals surface area contributed by atoms with E-state index >= 15 is 0 Å². The number of nitro benzene ring substituents is 1. The van der Waals surface area contributed by atoms with Crippen LogP contribution in [0.1, 0.15) is 12.5 Å². The molecule has 160 valence electrons. The van der Waals surface area contributed by atoms with Gasteiger partial charge in [0.15, 0.2) is 0 Å². The van der Waals surface area contributed by atoms with Crippen molar-refractivity contribution in [1.82, 2.24) is 0 Å². The number of benzene rings is 3. The molecule has 0 saturated heterocycles. The first-order valence-corrected chi connectivity index (χ1v) is 10.6. The lowest BCUT2D eigenvalue weighted by atomic mass is 10.1. The second-order valence-electron chi connectivity index (χ2n) is 6.42. The molecule has 0 aliphatic rings. The minimum Gasteiger partial charge on any atom is -0.495 e. The zero-order valence-corrected chi connectivity index (χ0v) is 17.6. The van der Waals surface area contributed by atoms with E-state index in [4.69, 9.17) is 4.74 Å². The molecule has 0 unspecified atom stereocenters. The zero-order valence-electron chi connectivity index (χ0n) is 16.8. The van der Waals surface area contributed by atoms with Crippen LogP contribution in [0.5, 0.6) is 5.75 Å². The summed E-state index contributed by atoms with van der Waals surface area (Å²) in [6.45, 7) is 1.76. The van der Waals surface area contributed by atoms with Crippen LogP contribution in [-0.4, -0.2) is 26.2 Å². The molecule has 0 fully saturated rings. The number of sulfonamides is 1. The van der Waals surface area contributed by atoms with Crippen molar-refractivity contribution >= 4 is 32.8 Å². The van der Waals surface area contributed by atoms with Gasteiger partial charge in [-0.1, -0.05) is 42.5 Å². The molecule has 3 aromatic rings. The van der Waals surface area contributed by atoms with Crippen molar-refractivity contribution in [2.75, 3.05) is 17.3 Å². The summed E-state index contributed by atoms with van der Waals surface area (Å²) in [4.78, 5) is 10.2. The van der Waals surface area contributed by atoms with Crippen LogP contribution in [0.25, 0.3) is 0 Å². The second-order valence-corrected chi connectivity index (χ2v) is 8.07. The summed E-state index contributed by atoms with van der Waals surface area (Å²) in [5, 5.41) is 15.5. The van der Waals surface area contributed by atoms with E-state index < -0.39 is 14.9 Å². The van der Waals surface area contributed by atoms with E-state index in [9.17, 15) is 18.5 Å². The highest BCUT2D eigenvalue weighted by atomic mass is 32.2. The van der Waals surface area contributed by atoms with Gasteiger partial charge in [-0.3, -0.25) is 20.3 Å². The van der Waals surface area contributed by atoms with Gasteiger partial charge in [0.25, 0.3) is 15.7 Å². The average molecular weight is 440 g/mol. The predicted octanol–water partition coefficient (Wildman–Crippen LogP) is 4.24. The van der Waals surface area contributed by atoms with Crippen molar-refractivity contribution in [3.05, 3.63) is 88.5 Å². The molecule has 0 heterocycles. The standard InChI is InChI=1S/C21H20N4O5S/c1-15(16-8-4-3-5-9-16)22-23-19-13-12-17(25(26)27)14-21(19)31(28,29)24-18-10-6-7-11-20(18)30-2/h3-14,23-24H,1-2H3/b22-15+. The molecule has 0 radical (unpaired) electrons. The minimum absolute atomic E-state index is 0.0864. The van der Waals surface area contributed by atoms with E-state index in [1.165, 1.54) is 25.3 Å². The molecule has 0 atom stereocenters. The Kier molecular flexibility index (Phi) is 6.51. The van der Waals surface area contributed by atoms with Gasteiger partial charge >= 0.3 is 0 Å². The van der Waals surface area contributed by atoms with E-state index in [1.807, 2.05) is 30.3 Å². The third-order valence-electron chi connectivity index (χ3n) is 4.35. The van der Waals surface area contributed by atoms with Crippen LogP contribution in [0.4, 0.5) is 17.1 Å². The van der Waals surface area contributed by atoms with Crippen molar-refractivity contribution in [2.24, 2.45) is 5.10 Å². The van der Waals surface area contributed by atoms with Gasteiger partial charge in [0.2, 0.25) is 0 Å². The Balaban J connectivity index is 2.01. The van der Waals surface area contributed by atoms with Gasteiger partial charge in [-0.15, -0.1) is 0 Å². The number of methoxy groups -OCH3 is 1. The second kappa shape index (κ2) is 9.26. The first-order chi connectivity index (χ1) is 14.8. The molecule has 0 amide bonds. The Morgan fingerprint density at radius 2 is 1.68 bits per heavy atom. The van der Waals surface area contributed by atoms with E-state index in [1.54, 1.807) is 25.1 Å². The predicted molar refractivity (Wildman–Crippen MR) is 119 cm³/mol. The number of ether oxygens (including phenoxy) is 1. The molecule has 0 aromatic heterocycles. The Morgan fingerprint density at radius 3 is 2.35 bits per heavy atom. The molecule has 31 heavy (non-hydrogen) atoms. The number of nitro groups is 1. The van der Waals surface area contributed by atoms with Crippen molar-refractivity contribution in [3.8, 4) is 5.75 Å². The van der Waals surface area contributed by atoms with E-state index in [-0.39, 0.29) is 22.0 Å². The van der Waals surface area contributed by atoms with Gasteiger partial charge in [0.05, 0.1) is 29.1 Å². The molecule has 3 aromatic carbocycles. The largest absolute Gasteiger partial charge is 0.495 e. The third kappa shape index (κ3) is 5.17. The van der Waals surface area contributed by atoms with Crippen LogP contribution in [0.3, 0.4) is 0 Å². The quantitative estimate of drug-likeness (QED) is 0.307. The molecule has 0 spiro atoms. The summed E-state index contributed by atoms with van der Waals surface area (Å²) in [6.07, 6.45) is 0. The Bertz CT molecular complexity index is 1230. The summed E-state index contributed by atoms with van der Waals surface area (Å²) >= 11 is 0. The van der Waals surface area contributed by atoms with Gasteiger partial charge in [-0.05, 0) is 30.7 Å². The molecule has 10 heteroatoms. The Morgan fingerprint density at radius 1 is 1.00 bits per heavy atom. The maximum atomic E-state index is 13.1. The monoisotopic (exact) mass is 440 g/mol. The van der Waals surface area contributed by atoms with Gasteiger partial charge < -0.3 is 4.74 Å². The van der Waals surface area contributed by atoms with Crippen LogP contribution in [0.15, 0.2) is 82.8 Å². The summed E-state index contributed by atoms with van der Waals surface area (Å²) in [6, 6.07) is 19.2.